The van der Waals surface area contributed by atoms with Gasteiger partial charge < -0.3 is 4.57 Å². The van der Waals surface area contributed by atoms with E-state index in [1.165, 1.54) is 44.2 Å². The van der Waals surface area contributed by atoms with Crippen molar-refractivity contribution in [3.8, 4) is 16.8 Å². The SMILES string of the molecule is Cc1ccc2c(c1)c1cc(Br)ccc1n2-c1ccccc1-c1ccccc1. The molecule has 0 amide bonds. The van der Waals surface area contributed by atoms with Crippen LogP contribution in [0.1, 0.15) is 5.56 Å². The van der Waals surface area contributed by atoms with Gasteiger partial charge in [0, 0.05) is 20.8 Å². The predicted molar refractivity (Wildman–Crippen MR) is 119 cm³/mol. The molecule has 4 aromatic carbocycles. The van der Waals surface area contributed by atoms with Crippen molar-refractivity contribution < 1.29 is 0 Å². The molecule has 0 saturated carbocycles. The van der Waals surface area contributed by atoms with Gasteiger partial charge in [-0.15, -0.1) is 0 Å². The summed E-state index contributed by atoms with van der Waals surface area (Å²) in [7, 11) is 0. The van der Waals surface area contributed by atoms with Crippen LogP contribution in [0.15, 0.2) is 95.5 Å². The topological polar surface area (TPSA) is 4.93 Å². The molecule has 0 unspecified atom stereocenters. The summed E-state index contributed by atoms with van der Waals surface area (Å²) in [6.07, 6.45) is 0. The van der Waals surface area contributed by atoms with E-state index < -0.39 is 0 Å². The van der Waals surface area contributed by atoms with E-state index in [1.807, 2.05) is 0 Å². The number of para-hydroxylation sites is 1. The van der Waals surface area contributed by atoms with Gasteiger partial charge in [-0.2, -0.15) is 0 Å². The Kier molecular flexibility index (Phi) is 3.87. The molecule has 0 aliphatic rings. The Morgan fingerprint density at radius 3 is 2.15 bits per heavy atom. The molecular formula is C25H18BrN. The van der Waals surface area contributed by atoms with Crippen LogP contribution in [0.4, 0.5) is 0 Å². The van der Waals surface area contributed by atoms with Crippen LogP contribution in [0, 0.1) is 6.92 Å². The number of benzene rings is 4. The molecule has 5 rings (SSSR count). The number of hydrogen-bond donors (Lipinski definition) is 0. The third-order valence-corrected chi connectivity index (χ3v) is 5.61. The molecule has 27 heavy (non-hydrogen) atoms. The minimum Gasteiger partial charge on any atom is -0.309 e. The summed E-state index contributed by atoms with van der Waals surface area (Å²) < 4.78 is 3.49. The van der Waals surface area contributed by atoms with Gasteiger partial charge in [0.2, 0.25) is 0 Å². The molecule has 0 spiro atoms. The van der Waals surface area contributed by atoms with Gasteiger partial charge in [0.1, 0.15) is 0 Å². The average Bonchev–Trinajstić information content (AvgIpc) is 3.01. The van der Waals surface area contributed by atoms with E-state index in [0.717, 1.165) is 4.47 Å². The van der Waals surface area contributed by atoms with Crippen LogP contribution in [-0.2, 0) is 0 Å². The van der Waals surface area contributed by atoms with Crippen LogP contribution in [-0.4, -0.2) is 4.57 Å². The summed E-state index contributed by atoms with van der Waals surface area (Å²) in [5.74, 6) is 0. The van der Waals surface area contributed by atoms with E-state index in [0.29, 0.717) is 0 Å². The Morgan fingerprint density at radius 1 is 0.667 bits per heavy atom. The zero-order chi connectivity index (χ0) is 18.4. The smallest absolute Gasteiger partial charge is 0.0542 e. The number of nitrogens with zero attached hydrogens (tertiary/aromatic N) is 1. The first kappa shape index (κ1) is 16.3. The van der Waals surface area contributed by atoms with Gasteiger partial charge in [0.25, 0.3) is 0 Å². The zero-order valence-corrected chi connectivity index (χ0v) is 16.6. The van der Waals surface area contributed by atoms with Gasteiger partial charge in [-0.1, -0.05) is 76.1 Å². The van der Waals surface area contributed by atoms with Crippen LogP contribution >= 0.6 is 15.9 Å². The molecular weight excluding hydrogens is 394 g/mol. The fourth-order valence-electron chi connectivity index (χ4n) is 3.90. The number of fused-ring (bicyclic) bond motifs is 3. The van der Waals surface area contributed by atoms with Gasteiger partial charge >= 0.3 is 0 Å². The van der Waals surface area contributed by atoms with Gasteiger partial charge in [-0.05, 0) is 48.9 Å². The lowest BCUT2D eigenvalue weighted by atomic mass is 10.0. The lowest BCUT2D eigenvalue weighted by molar-refractivity contribution is 1.18. The molecule has 1 aromatic heterocycles. The summed E-state index contributed by atoms with van der Waals surface area (Å²) >= 11 is 3.64. The van der Waals surface area contributed by atoms with Crippen molar-refractivity contribution in [1.29, 1.82) is 0 Å². The molecule has 2 heteroatoms. The van der Waals surface area contributed by atoms with E-state index in [4.69, 9.17) is 0 Å². The average molecular weight is 412 g/mol. The van der Waals surface area contributed by atoms with Gasteiger partial charge in [0.05, 0.1) is 16.7 Å². The molecule has 1 heterocycles. The maximum Gasteiger partial charge on any atom is 0.0542 e. The predicted octanol–water partition coefficient (Wildman–Crippen LogP) is 7.52. The maximum atomic E-state index is 3.64. The highest BCUT2D eigenvalue weighted by Crippen LogP contribution is 2.37. The lowest BCUT2D eigenvalue weighted by Gasteiger charge is -2.14. The third kappa shape index (κ3) is 2.68. The molecule has 0 fully saturated rings. The highest BCUT2D eigenvalue weighted by Gasteiger charge is 2.15. The van der Waals surface area contributed by atoms with Crippen molar-refractivity contribution in [1.82, 2.24) is 4.57 Å². The van der Waals surface area contributed by atoms with E-state index in [-0.39, 0.29) is 0 Å². The number of hydrogen-bond acceptors (Lipinski definition) is 0. The number of rotatable bonds is 2. The molecule has 1 nitrogen and oxygen atoms in total. The quantitative estimate of drug-likeness (QED) is 0.283. The summed E-state index contributed by atoms with van der Waals surface area (Å²) in [5.41, 5.74) is 7.40. The van der Waals surface area contributed by atoms with Crippen LogP contribution in [0.3, 0.4) is 0 Å². The summed E-state index contributed by atoms with van der Waals surface area (Å²) in [4.78, 5) is 0. The Labute approximate surface area is 167 Å². The van der Waals surface area contributed by atoms with Crippen molar-refractivity contribution in [2.45, 2.75) is 6.92 Å². The highest BCUT2D eigenvalue weighted by molar-refractivity contribution is 9.10. The Balaban J connectivity index is 1.92. The molecule has 0 N–H and O–H groups in total. The summed E-state index contributed by atoms with van der Waals surface area (Å²) in [5, 5.41) is 2.56. The molecule has 0 atom stereocenters. The first-order chi connectivity index (χ1) is 13.2. The molecule has 0 aliphatic heterocycles. The normalized spacial score (nSPS) is 11.3. The van der Waals surface area contributed by atoms with Crippen LogP contribution in [0.2, 0.25) is 0 Å². The monoisotopic (exact) mass is 411 g/mol. The fourth-order valence-corrected chi connectivity index (χ4v) is 4.26. The molecule has 0 radical (unpaired) electrons. The molecule has 0 saturated heterocycles. The Hall–Kier alpha value is -2.84. The van der Waals surface area contributed by atoms with E-state index in [1.54, 1.807) is 0 Å². The second-order valence-electron chi connectivity index (χ2n) is 6.90. The maximum absolute atomic E-state index is 3.64. The van der Waals surface area contributed by atoms with Crippen LogP contribution < -0.4 is 0 Å². The van der Waals surface area contributed by atoms with Gasteiger partial charge in [-0.25, -0.2) is 0 Å². The first-order valence-corrected chi connectivity index (χ1v) is 9.87. The number of halogens is 1. The minimum absolute atomic E-state index is 1.10. The van der Waals surface area contributed by atoms with Gasteiger partial charge in [-0.3, -0.25) is 0 Å². The molecule has 5 aromatic rings. The van der Waals surface area contributed by atoms with Crippen LogP contribution in [0.25, 0.3) is 38.6 Å². The lowest BCUT2D eigenvalue weighted by Crippen LogP contribution is -1.97. The summed E-state index contributed by atoms with van der Waals surface area (Å²) in [6.45, 7) is 2.15. The van der Waals surface area contributed by atoms with Crippen molar-refractivity contribution in [2.24, 2.45) is 0 Å². The molecule has 0 bridgehead atoms. The van der Waals surface area contributed by atoms with Crippen molar-refractivity contribution in [3.63, 3.8) is 0 Å². The molecule has 0 aliphatic carbocycles. The standard InChI is InChI=1S/C25H18BrN/c1-17-11-13-24-21(15-17)22-16-19(26)12-14-25(22)27(24)23-10-6-5-9-20(23)18-7-3-2-4-8-18/h2-16H,1H3. The van der Waals surface area contributed by atoms with E-state index in [9.17, 15) is 0 Å². The van der Waals surface area contributed by atoms with Crippen LogP contribution in [0.5, 0.6) is 0 Å². The fraction of sp³-hybridized carbons (Fsp3) is 0.0400. The molecule has 130 valence electrons. The van der Waals surface area contributed by atoms with Crippen molar-refractivity contribution >= 4 is 37.7 Å². The Bertz CT molecular complexity index is 1220. The largest absolute Gasteiger partial charge is 0.309 e. The zero-order valence-electron chi connectivity index (χ0n) is 15.0. The first-order valence-electron chi connectivity index (χ1n) is 9.07. The minimum atomic E-state index is 1.10. The van der Waals surface area contributed by atoms with Crippen molar-refractivity contribution in [3.05, 3.63) is 101 Å². The third-order valence-electron chi connectivity index (χ3n) is 5.11. The van der Waals surface area contributed by atoms with E-state index in [2.05, 4.69) is 118 Å². The Morgan fingerprint density at radius 2 is 1.33 bits per heavy atom. The second-order valence-corrected chi connectivity index (χ2v) is 7.82. The number of aryl methyl sites for hydroxylation is 1. The van der Waals surface area contributed by atoms with Gasteiger partial charge in [0.15, 0.2) is 0 Å². The number of aromatic nitrogens is 1. The second kappa shape index (κ2) is 6.40. The van der Waals surface area contributed by atoms with E-state index >= 15 is 0 Å². The summed E-state index contributed by atoms with van der Waals surface area (Å²) in [6, 6.07) is 32.5. The highest BCUT2D eigenvalue weighted by atomic mass is 79.9. The van der Waals surface area contributed by atoms with Crippen molar-refractivity contribution in [2.75, 3.05) is 0 Å².